The van der Waals surface area contributed by atoms with E-state index in [4.69, 9.17) is 14.7 Å². The van der Waals surface area contributed by atoms with Gasteiger partial charge in [-0.3, -0.25) is 4.79 Å². The second kappa shape index (κ2) is 10.9. The molecule has 6 heteroatoms. The van der Waals surface area contributed by atoms with Crippen LogP contribution in [0.3, 0.4) is 0 Å². The summed E-state index contributed by atoms with van der Waals surface area (Å²) in [4.78, 5) is 25.9. The molecule has 1 aliphatic heterocycles. The molecule has 1 aliphatic carbocycles. The average Bonchev–Trinajstić information content (AvgIpc) is 3.38. The maximum absolute atomic E-state index is 11.5. The molecule has 0 unspecified atom stereocenters. The first-order chi connectivity index (χ1) is 17.6. The predicted molar refractivity (Wildman–Crippen MR) is 144 cm³/mol. The topological polar surface area (TPSA) is 58.6 Å². The first-order valence-corrected chi connectivity index (χ1v) is 12.6. The van der Waals surface area contributed by atoms with Gasteiger partial charge in [0.25, 0.3) is 0 Å². The maximum atomic E-state index is 11.5. The number of hydrogen-bond donors (Lipinski definition) is 0. The van der Waals surface area contributed by atoms with E-state index >= 15 is 0 Å². The second-order valence-corrected chi connectivity index (χ2v) is 9.46. The summed E-state index contributed by atoms with van der Waals surface area (Å²) < 4.78 is 6.21. The fraction of sp³-hybridized carbons (Fsp3) is 0.300. The second-order valence-electron chi connectivity index (χ2n) is 9.46. The molecular formula is C30H32N4O2. The lowest BCUT2D eigenvalue weighted by Crippen LogP contribution is -2.44. The summed E-state index contributed by atoms with van der Waals surface area (Å²) in [7, 11) is 2.18. The Hall–Kier alpha value is -3.77. The zero-order chi connectivity index (χ0) is 24.9. The Morgan fingerprint density at radius 2 is 1.72 bits per heavy atom. The van der Waals surface area contributed by atoms with Gasteiger partial charge in [-0.15, -0.1) is 0 Å². The molecule has 0 saturated carbocycles. The fourth-order valence-electron chi connectivity index (χ4n) is 4.59. The van der Waals surface area contributed by atoms with Crippen molar-refractivity contribution in [3.8, 4) is 11.6 Å². The van der Waals surface area contributed by atoms with Gasteiger partial charge in [0.2, 0.25) is 5.88 Å². The summed E-state index contributed by atoms with van der Waals surface area (Å²) >= 11 is 0. The van der Waals surface area contributed by atoms with Gasteiger partial charge in [0, 0.05) is 51.1 Å². The third kappa shape index (κ3) is 5.71. The quantitative estimate of drug-likeness (QED) is 0.408. The number of piperazine rings is 1. The predicted octanol–water partition coefficient (Wildman–Crippen LogP) is 4.87. The van der Waals surface area contributed by atoms with Crippen molar-refractivity contribution in [3.05, 3.63) is 95.5 Å². The van der Waals surface area contributed by atoms with Crippen LogP contribution >= 0.6 is 0 Å². The Morgan fingerprint density at radius 3 is 2.44 bits per heavy atom. The number of rotatable bonds is 9. The van der Waals surface area contributed by atoms with E-state index in [1.807, 2.05) is 30.3 Å². The van der Waals surface area contributed by atoms with Crippen LogP contribution in [0.15, 0.2) is 67.3 Å². The highest BCUT2D eigenvalue weighted by atomic mass is 16.5. The van der Waals surface area contributed by atoms with Crippen LogP contribution in [-0.4, -0.2) is 53.9 Å². The number of aryl methyl sites for hydroxylation is 1. The minimum Gasteiger partial charge on any atom is -0.438 e. The number of anilines is 1. The Bertz CT molecular complexity index is 1260. The van der Waals surface area contributed by atoms with Crippen molar-refractivity contribution in [1.29, 1.82) is 0 Å². The number of hydrogen-bond acceptors (Lipinski definition) is 6. The van der Waals surface area contributed by atoms with Crippen molar-refractivity contribution in [2.24, 2.45) is 0 Å². The molecule has 2 heterocycles. The molecule has 3 aromatic rings. The van der Waals surface area contributed by atoms with Crippen LogP contribution in [0.2, 0.25) is 0 Å². The SMILES string of the molecule is C=CC(=O)CCc1ccc(Oc2nc(Cc3ccc(N4CCN(C)CC4)cc3)nc3c2C=CC3)cc1. The summed E-state index contributed by atoms with van der Waals surface area (Å²) in [5.74, 6) is 2.13. The number of benzene rings is 2. The van der Waals surface area contributed by atoms with E-state index in [9.17, 15) is 4.79 Å². The minimum absolute atomic E-state index is 0.0557. The van der Waals surface area contributed by atoms with E-state index in [-0.39, 0.29) is 5.78 Å². The van der Waals surface area contributed by atoms with Crippen molar-refractivity contribution < 1.29 is 9.53 Å². The number of carbonyl (C=O) groups is 1. The van der Waals surface area contributed by atoms with Crippen LogP contribution in [0.5, 0.6) is 11.6 Å². The first-order valence-electron chi connectivity index (χ1n) is 12.6. The highest BCUT2D eigenvalue weighted by Gasteiger charge is 2.18. The summed E-state index contributed by atoms with van der Waals surface area (Å²) in [6.45, 7) is 7.85. The van der Waals surface area contributed by atoms with Gasteiger partial charge in [0.15, 0.2) is 5.78 Å². The highest BCUT2D eigenvalue weighted by Crippen LogP contribution is 2.31. The highest BCUT2D eigenvalue weighted by molar-refractivity contribution is 5.89. The van der Waals surface area contributed by atoms with Gasteiger partial charge in [0.05, 0.1) is 11.3 Å². The van der Waals surface area contributed by atoms with Gasteiger partial charge in [-0.1, -0.05) is 43.0 Å². The molecule has 184 valence electrons. The Kier molecular flexibility index (Phi) is 7.23. The molecule has 0 spiro atoms. The molecular weight excluding hydrogens is 448 g/mol. The molecule has 1 saturated heterocycles. The molecule has 1 aromatic heterocycles. The van der Waals surface area contributed by atoms with Gasteiger partial charge in [0.1, 0.15) is 11.6 Å². The van der Waals surface area contributed by atoms with E-state index in [2.05, 4.69) is 53.8 Å². The number of aromatic nitrogens is 2. The zero-order valence-electron chi connectivity index (χ0n) is 20.8. The maximum Gasteiger partial charge on any atom is 0.230 e. The van der Waals surface area contributed by atoms with E-state index in [0.29, 0.717) is 25.1 Å². The van der Waals surface area contributed by atoms with Crippen LogP contribution in [0.4, 0.5) is 5.69 Å². The molecule has 36 heavy (non-hydrogen) atoms. The Balaban J connectivity index is 1.28. The van der Waals surface area contributed by atoms with Crippen molar-refractivity contribution in [3.63, 3.8) is 0 Å². The lowest BCUT2D eigenvalue weighted by atomic mass is 10.1. The van der Waals surface area contributed by atoms with Crippen molar-refractivity contribution >= 4 is 17.5 Å². The number of ether oxygens (including phenoxy) is 1. The molecule has 0 bridgehead atoms. The normalized spacial score (nSPS) is 15.1. The van der Waals surface area contributed by atoms with Gasteiger partial charge in [-0.2, -0.15) is 4.98 Å². The lowest BCUT2D eigenvalue weighted by Gasteiger charge is -2.34. The van der Waals surface area contributed by atoms with Crippen molar-refractivity contribution in [2.75, 3.05) is 38.1 Å². The van der Waals surface area contributed by atoms with Gasteiger partial charge in [-0.25, -0.2) is 4.98 Å². The van der Waals surface area contributed by atoms with Gasteiger partial charge < -0.3 is 14.5 Å². The molecule has 6 nitrogen and oxygen atoms in total. The van der Waals surface area contributed by atoms with Crippen LogP contribution in [0.25, 0.3) is 6.08 Å². The molecule has 0 atom stereocenters. The van der Waals surface area contributed by atoms with E-state index in [0.717, 1.165) is 61.0 Å². The number of carbonyl (C=O) groups excluding carboxylic acids is 1. The standard InChI is InChI=1S/C30H32N4O2/c1-3-25(35)14-9-22-10-15-26(16-11-22)36-30-27-5-4-6-28(27)31-29(32-30)21-23-7-12-24(13-8-23)34-19-17-33(2)18-20-34/h3-5,7-8,10-13,15-16H,1,6,9,14,17-21H2,2H3. The van der Waals surface area contributed by atoms with Crippen LogP contribution in [0, 0.1) is 0 Å². The molecule has 5 rings (SSSR count). The monoisotopic (exact) mass is 480 g/mol. The van der Waals surface area contributed by atoms with E-state index < -0.39 is 0 Å². The third-order valence-corrected chi connectivity index (χ3v) is 6.82. The average molecular weight is 481 g/mol. The minimum atomic E-state index is 0.0557. The number of ketones is 1. The van der Waals surface area contributed by atoms with E-state index in [1.165, 1.54) is 17.3 Å². The molecule has 2 aliphatic rings. The summed E-state index contributed by atoms with van der Waals surface area (Å²) in [5, 5.41) is 0. The largest absolute Gasteiger partial charge is 0.438 e. The van der Waals surface area contributed by atoms with Crippen LogP contribution in [0.1, 0.15) is 34.6 Å². The molecule has 2 aromatic carbocycles. The van der Waals surface area contributed by atoms with Crippen molar-refractivity contribution in [2.45, 2.75) is 25.7 Å². The summed E-state index contributed by atoms with van der Waals surface area (Å²) in [5.41, 5.74) is 5.50. The molecule has 0 N–H and O–H groups in total. The van der Waals surface area contributed by atoms with Crippen LogP contribution in [-0.2, 0) is 24.1 Å². The number of fused-ring (bicyclic) bond motifs is 1. The molecule has 0 amide bonds. The first kappa shape index (κ1) is 23.9. The lowest BCUT2D eigenvalue weighted by molar-refractivity contribution is -0.114. The summed E-state index contributed by atoms with van der Waals surface area (Å²) in [6, 6.07) is 16.6. The van der Waals surface area contributed by atoms with Crippen molar-refractivity contribution in [1.82, 2.24) is 14.9 Å². The number of nitrogens with zero attached hydrogens (tertiary/aromatic N) is 4. The number of allylic oxidation sites excluding steroid dienone is 2. The van der Waals surface area contributed by atoms with E-state index in [1.54, 1.807) is 0 Å². The zero-order valence-corrected chi connectivity index (χ0v) is 20.8. The van der Waals surface area contributed by atoms with Gasteiger partial charge >= 0.3 is 0 Å². The van der Waals surface area contributed by atoms with Crippen LogP contribution < -0.4 is 9.64 Å². The fourth-order valence-corrected chi connectivity index (χ4v) is 4.59. The Morgan fingerprint density at radius 1 is 1.00 bits per heavy atom. The third-order valence-electron chi connectivity index (χ3n) is 6.82. The molecule has 1 fully saturated rings. The Labute approximate surface area is 212 Å². The number of likely N-dealkylation sites (N-methyl/N-ethyl adjacent to an activating group) is 1. The molecule has 0 radical (unpaired) electrons. The smallest absolute Gasteiger partial charge is 0.230 e. The van der Waals surface area contributed by atoms with Gasteiger partial charge in [-0.05, 0) is 54.9 Å². The summed E-state index contributed by atoms with van der Waals surface area (Å²) in [6.07, 6.45) is 8.11.